The van der Waals surface area contributed by atoms with Gasteiger partial charge in [0.15, 0.2) is 0 Å². The van der Waals surface area contributed by atoms with Gasteiger partial charge in [-0.2, -0.15) is 0 Å². The number of esters is 1. The zero-order valence-corrected chi connectivity index (χ0v) is 13.2. The summed E-state index contributed by atoms with van der Waals surface area (Å²) in [6, 6.07) is 0. The number of fused-ring (bicyclic) bond motifs is 1. The summed E-state index contributed by atoms with van der Waals surface area (Å²) in [5.74, 6) is 0.328. The molecular weight excluding hydrogens is 298 g/mol. The SMILES string of the molecule is COC(=O)c1c(NC(=O)CCCl)sc2c1CCC(C)C2. The van der Waals surface area contributed by atoms with Crippen molar-refractivity contribution in [3.05, 3.63) is 16.0 Å². The molecule has 0 saturated carbocycles. The van der Waals surface area contributed by atoms with Crippen LogP contribution in [-0.4, -0.2) is 24.9 Å². The molecular formula is C14H18ClNO3S. The van der Waals surface area contributed by atoms with Gasteiger partial charge in [-0.15, -0.1) is 22.9 Å². The van der Waals surface area contributed by atoms with Gasteiger partial charge in [-0.05, 0) is 30.7 Å². The van der Waals surface area contributed by atoms with Gasteiger partial charge in [0.25, 0.3) is 0 Å². The molecule has 1 aromatic heterocycles. The molecule has 0 aromatic carbocycles. The molecule has 0 saturated heterocycles. The van der Waals surface area contributed by atoms with E-state index in [4.69, 9.17) is 16.3 Å². The average molecular weight is 316 g/mol. The van der Waals surface area contributed by atoms with Crippen molar-refractivity contribution in [2.45, 2.75) is 32.6 Å². The summed E-state index contributed by atoms with van der Waals surface area (Å²) < 4.78 is 4.86. The third-order valence-electron chi connectivity index (χ3n) is 3.48. The molecule has 4 nitrogen and oxygen atoms in total. The number of anilines is 1. The fourth-order valence-corrected chi connectivity index (χ4v) is 4.02. The number of amides is 1. The number of rotatable bonds is 4. The summed E-state index contributed by atoms with van der Waals surface area (Å²) in [5, 5.41) is 3.40. The normalized spacial score (nSPS) is 17.4. The minimum atomic E-state index is -0.377. The Balaban J connectivity index is 2.35. The number of halogens is 1. The van der Waals surface area contributed by atoms with Gasteiger partial charge in [0.05, 0.1) is 12.7 Å². The van der Waals surface area contributed by atoms with Crippen molar-refractivity contribution in [2.75, 3.05) is 18.3 Å². The van der Waals surface area contributed by atoms with Crippen LogP contribution in [-0.2, 0) is 22.4 Å². The molecule has 1 amide bonds. The van der Waals surface area contributed by atoms with E-state index in [1.54, 1.807) is 0 Å². The molecule has 1 aliphatic rings. The van der Waals surface area contributed by atoms with Crippen LogP contribution in [0, 0.1) is 5.92 Å². The minimum absolute atomic E-state index is 0.170. The van der Waals surface area contributed by atoms with E-state index in [-0.39, 0.29) is 24.2 Å². The van der Waals surface area contributed by atoms with Gasteiger partial charge in [0.1, 0.15) is 5.00 Å². The number of methoxy groups -OCH3 is 1. The molecule has 1 aromatic rings. The molecule has 1 unspecified atom stereocenters. The Morgan fingerprint density at radius 2 is 2.25 bits per heavy atom. The maximum Gasteiger partial charge on any atom is 0.341 e. The van der Waals surface area contributed by atoms with Gasteiger partial charge < -0.3 is 10.1 Å². The van der Waals surface area contributed by atoms with Gasteiger partial charge >= 0.3 is 5.97 Å². The highest BCUT2D eigenvalue weighted by Gasteiger charge is 2.28. The number of carbonyl (C=O) groups is 2. The molecule has 0 aliphatic heterocycles. The molecule has 6 heteroatoms. The first-order valence-corrected chi connectivity index (χ1v) is 8.00. The molecule has 1 aliphatic carbocycles. The number of alkyl halides is 1. The number of nitrogens with one attached hydrogen (secondary N) is 1. The molecule has 20 heavy (non-hydrogen) atoms. The zero-order valence-electron chi connectivity index (χ0n) is 11.6. The fourth-order valence-electron chi connectivity index (χ4n) is 2.43. The summed E-state index contributed by atoms with van der Waals surface area (Å²) in [4.78, 5) is 24.9. The second kappa shape index (κ2) is 6.59. The Morgan fingerprint density at radius 1 is 1.50 bits per heavy atom. The fraction of sp³-hybridized carbons (Fsp3) is 0.571. The largest absolute Gasteiger partial charge is 0.465 e. The van der Waals surface area contributed by atoms with E-state index in [1.807, 2.05) is 0 Å². The van der Waals surface area contributed by atoms with Crippen molar-refractivity contribution in [2.24, 2.45) is 5.92 Å². The lowest BCUT2D eigenvalue weighted by atomic mass is 9.88. The predicted molar refractivity (Wildman–Crippen MR) is 80.8 cm³/mol. The lowest BCUT2D eigenvalue weighted by molar-refractivity contribution is -0.115. The van der Waals surface area contributed by atoms with Crippen molar-refractivity contribution in [3.63, 3.8) is 0 Å². The van der Waals surface area contributed by atoms with Gasteiger partial charge in [-0.1, -0.05) is 6.92 Å². The Labute approximate surface area is 127 Å². The van der Waals surface area contributed by atoms with Gasteiger partial charge in [0.2, 0.25) is 5.91 Å². The van der Waals surface area contributed by atoms with E-state index in [1.165, 1.54) is 23.3 Å². The van der Waals surface area contributed by atoms with E-state index in [2.05, 4.69) is 12.2 Å². The van der Waals surface area contributed by atoms with E-state index in [0.717, 1.165) is 24.8 Å². The van der Waals surface area contributed by atoms with Crippen LogP contribution >= 0.6 is 22.9 Å². The van der Waals surface area contributed by atoms with Crippen LogP contribution < -0.4 is 5.32 Å². The zero-order chi connectivity index (χ0) is 14.7. The maximum atomic E-state index is 12.0. The summed E-state index contributed by atoms with van der Waals surface area (Å²) in [7, 11) is 1.36. The number of thiophene rings is 1. The van der Waals surface area contributed by atoms with Crippen LogP contribution in [0.15, 0.2) is 0 Å². The predicted octanol–water partition coefficient (Wildman–Crippen LogP) is 3.23. The van der Waals surface area contributed by atoms with E-state index >= 15 is 0 Å². The van der Waals surface area contributed by atoms with E-state index in [0.29, 0.717) is 16.5 Å². The van der Waals surface area contributed by atoms with Gasteiger partial charge in [-0.3, -0.25) is 4.79 Å². The van der Waals surface area contributed by atoms with Crippen molar-refractivity contribution in [1.29, 1.82) is 0 Å². The molecule has 1 N–H and O–H groups in total. The molecule has 1 heterocycles. The van der Waals surface area contributed by atoms with Crippen LogP contribution in [0.25, 0.3) is 0 Å². The standard InChI is InChI=1S/C14H18ClNO3S/c1-8-3-4-9-10(7-8)20-13(12(9)14(18)19-2)16-11(17)5-6-15/h8H,3-7H2,1-2H3,(H,16,17). The molecule has 110 valence electrons. The molecule has 0 bridgehead atoms. The number of hydrogen-bond donors (Lipinski definition) is 1. The summed E-state index contributed by atoms with van der Waals surface area (Å²) in [6.45, 7) is 2.20. The van der Waals surface area contributed by atoms with Crippen LogP contribution in [0.2, 0.25) is 0 Å². The third-order valence-corrected chi connectivity index (χ3v) is 4.83. The van der Waals surface area contributed by atoms with Crippen molar-refractivity contribution in [3.8, 4) is 0 Å². The summed E-state index contributed by atoms with van der Waals surface area (Å²) >= 11 is 7.05. The van der Waals surface area contributed by atoms with Gasteiger partial charge in [-0.25, -0.2) is 4.79 Å². The molecule has 0 radical (unpaired) electrons. The monoisotopic (exact) mass is 315 g/mol. The Bertz CT molecular complexity index is 527. The Morgan fingerprint density at radius 3 is 2.90 bits per heavy atom. The van der Waals surface area contributed by atoms with Gasteiger partial charge in [0, 0.05) is 17.2 Å². The second-order valence-electron chi connectivity index (χ2n) is 5.03. The minimum Gasteiger partial charge on any atom is -0.465 e. The van der Waals surface area contributed by atoms with E-state index < -0.39 is 0 Å². The first kappa shape index (κ1) is 15.3. The number of ether oxygens (including phenoxy) is 1. The van der Waals surface area contributed by atoms with Crippen molar-refractivity contribution >= 4 is 39.8 Å². The highest BCUT2D eigenvalue weighted by atomic mass is 35.5. The average Bonchev–Trinajstić information content (AvgIpc) is 2.74. The van der Waals surface area contributed by atoms with Crippen molar-refractivity contribution < 1.29 is 14.3 Å². The van der Waals surface area contributed by atoms with E-state index in [9.17, 15) is 9.59 Å². The summed E-state index contributed by atoms with van der Waals surface area (Å²) in [5.41, 5.74) is 1.57. The number of carbonyl (C=O) groups excluding carboxylic acids is 2. The summed E-state index contributed by atoms with van der Waals surface area (Å²) in [6.07, 6.45) is 3.11. The molecule has 1 atom stereocenters. The second-order valence-corrected chi connectivity index (χ2v) is 6.52. The molecule has 0 fully saturated rings. The topological polar surface area (TPSA) is 55.4 Å². The Kier molecular flexibility index (Phi) is 5.05. The molecule has 0 spiro atoms. The quantitative estimate of drug-likeness (QED) is 0.685. The third kappa shape index (κ3) is 3.15. The first-order chi connectivity index (χ1) is 9.56. The molecule has 2 rings (SSSR count). The number of hydrogen-bond acceptors (Lipinski definition) is 4. The van der Waals surface area contributed by atoms with Crippen LogP contribution in [0.4, 0.5) is 5.00 Å². The van der Waals surface area contributed by atoms with Crippen LogP contribution in [0.1, 0.15) is 40.6 Å². The highest BCUT2D eigenvalue weighted by molar-refractivity contribution is 7.17. The first-order valence-electron chi connectivity index (χ1n) is 6.65. The smallest absolute Gasteiger partial charge is 0.341 e. The Hall–Kier alpha value is -1.07. The van der Waals surface area contributed by atoms with Crippen molar-refractivity contribution in [1.82, 2.24) is 0 Å². The van der Waals surface area contributed by atoms with Crippen LogP contribution in [0.3, 0.4) is 0 Å². The maximum absolute atomic E-state index is 12.0. The lowest BCUT2D eigenvalue weighted by Crippen LogP contribution is -2.16. The highest BCUT2D eigenvalue weighted by Crippen LogP contribution is 2.40. The lowest BCUT2D eigenvalue weighted by Gasteiger charge is -2.18. The van der Waals surface area contributed by atoms with Crippen LogP contribution in [0.5, 0.6) is 0 Å².